The van der Waals surface area contributed by atoms with Gasteiger partial charge in [-0.2, -0.15) is 0 Å². The number of rotatable bonds is 6. The highest BCUT2D eigenvalue weighted by Crippen LogP contribution is 2.15. The molecule has 7 heteroatoms. The van der Waals surface area contributed by atoms with Crippen LogP contribution < -0.4 is 10.0 Å². The number of benzene rings is 1. The zero-order valence-electron chi connectivity index (χ0n) is 10.2. The van der Waals surface area contributed by atoms with E-state index in [1.807, 2.05) is 4.72 Å². The van der Waals surface area contributed by atoms with Crippen molar-refractivity contribution in [2.45, 2.75) is 24.8 Å². The van der Waals surface area contributed by atoms with Crippen molar-refractivity contribution in [3.05, 3.63) is 29.3 Å². The Morgan fingerprint density at radius 2 is 2.00 bits per heavy atom. The zero-order chi connectivity index (χ0) is 13.8. The van der Waals surface area contributed by atoms with Gasteiger partial charge < -0.3 is 5.32 Å². The second-order valence-electron chi connectivity index (χ2n) is 3.86. The van der Waals surface area contributed by atoms with Gasteiger partial charge in [0, 0.05) is 6.54 Å². The molecule has 0 bridgehead atoms. The summed E-state index contributed by atoms with van der Waals surface area (Å²) in [6, 6.07) is 4.55. The molecule has 0 aromatic heterocycles. The van der Waals surface area contributed by atoms with Crippen LogP contribution in [0.4, 0.5) is 8.78 Å². The highest BCUT2D eigenvalue weighted by atomic mass is 32.2. The van der Waals surface area contributed by atoms with Crippen molar-refractivity contribution in [1.82, 2.24) is 10.0 Å². The molecule has 2 N–H and O–H groups in total. The summed E-state index contributed by atoms with van der Waals surface area (Å²) in [7, 11) is -2.07. The molecule has 0 heterocycles. The third-order valence-electron chi connectivity index (χ3n) is 2.42. The van der Waals surface area contributed by atoms with Crippen molar-refractivity contribution in [2.75, 3.05) is 13.6 Å². The third-order valence-corrected chi connectivity index (χ3v) is 3.84. The summed E-state index contributed by atoms with van der Waals surface area (Å²) in [5, 5.41) is 2.96. The fourth-order valence-electron chi connectivity index (χ4n) is 1.48. The van der Waals surface area contributed by atoms with E-state index in [0.717, 1.165) is 11.1 Å². The van der Waals surface area contributed by atoms with E-state index in [9.17, 15) is 17.2 Å². The summed E-state index contributed by atoms with van der Waals surface area (Å²) in [5.41, 5.74) is 1.76. The van der Waals surface area contributed by atoms with E-state index >= 15 is 0 Å². The molecule has 0 saturated carbocycles. The lowest BCUT2D eigenvalue weighted by Crippen LogP contribution is -2.28. The minimum absolute atomic E-state index is 0.000466. The molecular formula is C11H16F2N2O2S. The number of hydrogen-bond donors (Lipinski definition) is 2. The maximum absolute atomic E-state index is 12.0. The Morgan fingerprint density at radius 1 is 1.33 bits per heavy atom. The van der Waals surface area contributed by atoms with E-state index in [1.165, 1.54) is 12.1 Å². The molecule has 1 aromatic carbocycles. The van der Waals surface area contributed by atoms with Gasteiger partial charge in [-0.3, -0.25) is 0 Å². The van der Waals surface area contributed by atoms with Gasteiger partial charge in [0.15, 0.2) is 0 Å². The molecule has 0 aliphatic heterocycles. The summed E-state index contributed by atoms with van der Waals surface area (Å²) in [4.78, 5) is 0.000466. The van der Waals surface area contributed by atoms with Gasteiger partial charge in [-0.05, 0) is 37.2 Å². The number of sulfonamides is 1. The fourth-order valence-corrected chi connectivity index (χ4v) is 2.57. The van der Waals surface area contributed by atoms with Gasteiger partial charge in [-0.1, -0.05) is 6.07 Å². The standard InChI is InChI=1S/C11H16F2N2O2S/c1-8-5-10(4-3-9(8)6-14-2)18(16,17)15-7-11(12)13/h3-5,11,14-15H,6-7H2,1-2H3. The first kappa shape index (κ1) is 15.0. The highest BCUT2D eigenvalue weighted by Gasteiger charge is 2.16. The smallest absolute Gasteiger partial charge is 0.251 e. The Hall–Kier alpha value is -1.05. The largest absolute Gasteiger partial charge is 0.316 e. The van der Waals surface area contributed by atoms with Crippen molar-refractivity contribution in [3.8, 4) is 0 Å². The summed E-state index contributed by atoms with van der Waals surface area (Å²) in [5.74, 6) is 0. The topological polar surface area (TPSA) is 58.2 Å². The summed E-state index contributed by atoms with van der Waals surface area (Å²) < 4.78 is 49.2. The lowest BCUT2D eigenvalue weighted by atomic mass is 10.1. The number of alkyl halides is 2. The lowest BCUT2D eigenvalue weighted by Gasteiger charge is -2.10. The van der Waals surface area contributed by atoms with Crippen molar-refractivity contribution in [2.24, 2.45) is 0 Å². The van der Waals surface area contributed by atoms with Gasteiger partial charge >= 0.3 is 0 Å². The van der Waals surface area contributed by atoms with E-state index in [0.29, 0.717) is 6.54 Å². The first-order valence-corrected chi connectivity index (χ1v) is 6.87. The quantitative estimate of drug-likeness (QED) is 0.823. The van der Waals surface area contributed by atoms with Crippen LogP contribution in [0.3, 0.4) is 0 Å². The van der Waals surface area contributed by atoms with Crippen molar-refractivity contribution in [1.29, 1.82) is 0 Å². The maximum atomic E-state index is 12.0. The predicted octanol–water partition coefficient (Wildman–Crippen LogP) is 1.26. The van der Waals surface area contributed by atoms with Crippen LogP contribution in [-0.4, -0.2) is 28.4 Å². The molecule has 0 radical (unpaired) electrons. The second kappa shape index (κ2) is 6.21. The second-order valence-corrected chi connectivity index (χ2v) is 5.63. The maximum Gasteiger partial charge on any atom is 0.251 e. The molecule has 0 amide bonds. The molecular weight excluding hydrogens is 262 g/mol. The molecule has 0 fully saturated rings. The van der Waals surface area contributed by atoms with Crippen LogP contribution >= 0.6 is 0 Å². The molecule has 0 unspecified atom stereocenters. The average molecular weight is 278 g/mol. The molecule has 0 atom stereocenters. The Labute approximate surface area is 105 Å². The van der Waals surface area contributed by atoms with Crippen molar-refractivity contribution >= 4 is 10.0 Å². The molecule has 1 rings (SSSR count). The molecule has 0 aliphatic carbocycles. The number of hydrogen-bond acceptors (Lipinski definition) is 3. The Kier molecular flexibility index (Phi) is 5.18. The first-order valence-electron chi connectivity index (χ1n) is 5.38. The predicted molar refractivity (Wildman–Crippen MR) is 65.1 cm³/mol. The summed E-state index contributed by atoms with van der Waals surface area (Å²) >= 11 is 0. The van der Waals surface area contributed by atoms with Crippen molar-refractivity contribution in [3.63, 3.8) is 0 Å². The van der Waals surface area contributed by atoms with Gasteiger partial charge in [0.1, 0.15) is 0 Å². The first-order chi connectivity index (χ1) is 8.36. The number of halogens is 2. The summed E-state index contributed by atoms with van der Waals surface area (Å²) in [6.45, 7) is 1.52. The molecule has 0 aliphatic rings. The number of aryl methyl sites for hydroxylation is 1. The molecule has 18 heavy (non-hydrogen) atoms. The Morgan fingerprint density at radius 3 is 2.50 bits per heavy atom. The molecule has 0 spiro atoms. The van der Waals surface area contributed by atoms with E-state index < -0.39 is 23.0 Å². The van der Waals surface area contributed by atoms with E-state index in [1.54, 1.807) is 20.0 Å². The SMILES string of the molecule is CNCc1ccc(S(=O)(=O)NCC(F)F)cc1C. The van der Waals surface area contributed by atoms with Gasteiger partial charge in [-0.25, -0.2) is 21.9 Å². The van der Waals surface area contributed by atoms with Crippen LogP contribution in [0.2, 0.25) is 0 Å². The van der Waals surface area contributed by atoms with Crippen LogP contribution in [-0.2, 0) is 16.6 Å². The van der Waals surface area contributed by atoms with Gasteiger partial charge in [0.25, 0.3) is 6.43 Å². The van der Waals surface area contributed by atoms with E-state index in [-0.39, 0.29) is 4.90 Å². The normalized spacial score (nSPS) is 12.1. The van der Waals surface area contributed by atoms with Crippen LogP contribution in [0, 0.1) is 6.92 Å². The minimum Gasteiger partial charge on any atom is -0.316 e. The monoisotopic (exact) mass is 278 g/mol. The number of nitrogens with one attached hydrogen (secondary N) is 2. The van der Waals surface area contributed by atoms with Gasteiger partial charge in [-0.15, -0.1) is 0 Å². The van der Waals surface area contributed by atoms with Crippen molar-refractivity contribution < 1.29 is 17.2 Å². The Bertz CT molecular complexity index is 504. The molecule has 1 aromatic rings. The van der Waals surface area contributed by atoms with Crippen LogP contribution in [0.5, 0.6) is 0 Å². The van der Waals surface area contributed by atoms with Crippen LogP contribution in [0.25, 0.3) is 0 Å². The van der Waals surface area contributed by atoms with E-state index in [2.05, 4.69) is 5.32 Å². The van der Waals surface area contributed by atoms with Crippen LogP contribution in [0.15, 0.2) is 23.1 Å². The zero-order valence-corrected chi connectivity index (χ0v) is 11.0. The third kappa shape index (κ3) is 4.01. The van der Waals surface area contributed by atoms with Gasteiger partial charge in [0.05, 0.1) is 11.4 Å². The van der Waals surface area contributed by atoms with E-state index in [4.69, 9.17) is 0 Å². The minimum atomic E-state index is -3.86. The molecule has 0 saturated heterocycles. The fraction of sp³-hybridized carbons (Fsp3) is 0.455. The molecule has 4 nitrogen and oxygen atoms in total. The Balaban J connectivity index is 2.93. The lowest BCUT2D eigenvalue weighted by molar-refractivity contribution is 0.153. The van der Waals surface area contributed by atoms with Gasteiger partial charge in [0.2, 0.25) is 10.0 Å². The van der Waals surface area contributed by atoms with Crippen LogP contribution in [0.1, 0.15) is 11.1 Å². The molecule has 102 valence electrons. The highest BCUT2D eigenvalue weighted by molar-refractivity contribution is 7.89. The summed E-state index contributed by atoms with van der Waals surface area (Å²) in [6.07, 6.45) is -2.70. The average Bonchev–Trinajstić information content (AvgIpc) is 2.29.